The monoisotopic (exact) mass is 334 g/mol. The van der Waals surface area contributed by atoms with Crippen molar-refractivity contribution in [2.24, 2.45) is 0 Å². The number of carbonyl (C=O) groups is 2. The summed E-state index contributed by atoms with van der Waals surface area (Å²) in [5.74, 6) is 0.607. The minimum Gasteiger partial charge on any atom is -0.461 e. The molecule has 128 valence electrons. The summed E-state index contributed by atoms with van der Waals surface area (Å²) in [5.41, 5.74) is 0.178. The van der Waals surface area contributed by atoms with E-state index >= 15 is 0 Å². The van der Waals surface area contributed by atoms with Gasteiger partial charge in [0.1, 0.15) is 11.7 Å². The zero-order valence-corrected chi connectivity index (χ0v) is 13.4. The zero-order valence-electron chi connectivity index (χ0n) is 13.4. The lowest BCUT2D eigenvalue weighted by atomic mass is 10.2. The number of nitrogens with one attached hydrogen (secondary N) is 2. The highest BCUT2D eigenvalue weighted by Gasteiger charge is 2.34. The smallest absolute Gasteiger partial charge is 0.356 e. The molecule has 2 aromatic heterocycles. The van der Waals surface area contributed by atoms with Crippen molar-refractivity contribution in [1.29, 1.82) is 0 Å². The number of esters is 1. The maximum atomic E-state index is 12.5. The van der Waals surface area contributed by atoms with E-state index in [0.29, 0.717) is 18.3 Å². The summed E-state index contributed by atoms with van der Waals surface area (Å²) in [5, 5.41) is 6.40. The maximum absolute atomic E-state index is 12.5. The number of hydrogen-bond acceptors (Lipinski definition) is 7. The van der Waals surface area contributed by atoms with Gasteiger partial charge in [-0.05, 0) is 26.7 Å². The molecule has 1 aliphatic heterocycles. The van der Waals surface area contributed by atoms with Gasteiger partial charge in [0.15, 0.2) is 5.82 Å². The Morgan fingerprint density at radius 2 is 2.38 bits per heavy atom. The number of carbonyl (C=O) groups excluding carboxylic acids is 2. The summed E-state index contributed by atoms with van der Waals surface area (Å²) in [6, 6.07) is -0.608. The van der Waals surface area contributed by atoms with Crippen LogP contribution in [-0.4, -0.2) is 50.2 Å². The molecule has 2 aromatic rings. The number of rotatable bonds is 4. The Morgan fingerprint density at radius 1 is 1.54 bits per heavy atom. The van der Waals surface area contributed by atoms with Gasteiger partial charge in [-0.25, -0.2) is 14.6 Å². The molecule has 10 nitrogen and oxygen atoms in total. The van der Waals surface area contributed by atoms with Crippen LogP contribution in [0.5, 0.6) is 0 Å². The first-order valence-corrected chi connectivity index (χ1v) is 7.68. The first kappa shape index (κ1) is 16.0. The van der Waals surface area contributed by atoms with Gasteiger partial charge in [-0.15, -0.1) is 0 Å². The van der Waals surface area contributed by atoms with Crippen LogP contribution in [0.1, 0.15) is 48.0 Å². The second kappa shape index (κ2) is 6.69. The molecule has 1 fully saturated rings. The Bertz CT molecular complexity index is 739. The van der Waals surface area contributed by atoms with E-state index in [2.05, 4.69) is 25.4 Å². The van der Waals surface area contributed by atoms with E-state index in [0.717, 1.165) is 12.8 Å². The quantitative estimate of drug-likeness (QED) is 0.814. The molecule has 0 radical (unpaired) electrons. The number of likely N-dealkylation sites (tertiary alicyclic amines) is 1. The number of ether oxygens (including phenoxy) is 1. The van der Waals surface area contributed by atoms with Gasteiger partial charge in [0, 0.05) is 6.54 Å². The van der Waals surface area contributed by atoms with Crippen LogP contribution in [0.15, 0.2) is 10.7 Å². The SMILES string of the molecule is CCOC(=O)c1cnc(NC(=O)N2CCCC2c2nc(C)no2)[nH]1. The molecule has 1 atom stereocenters. The van der Waals surface area contributed by atoms with Crippen LogP contribution >= 0.6 is 0 Å². The third-order valence-corrected chi connectivity index (χ3v) is 3.64. The Balaban J connectivity index is 1.67. The van der Waals surface area contributed by atoms with Crippen molar-refractivity contribution in [2.45, 2.75) is 32.7 Å². The van der Waals surface area contributed by atoms with E-state index in [-0.39, 0.29) is 30.3 Å². The largest absolute Gasteiger partial charge is 0.461 e. The summed E-state index contributed by atoms with van der Waals surface area (Å²) >= 11 is 0. The van der Waals surface area contributed by atoms with E-state index < -0.39 is 5.97 Å². The summed E-state index contributed by atoms with van der Waals surface area (Å²) in [6.07, 6.45) is 2.91. The highest BCUT2D eigenvalue weighted by atomic mass is 16.5. The highest BCUT2D eigenvalue weighted by molar-refractivity contribution is 5.90. The average molecular weight is 334 g/mol. The lowest BCUT2D eigenvalue weighted by Gasteiger charge is -2.21. The van der Waals surface area contributed by atoms with Crippen LogP contribution in [0.25, 0.3) is 0 Å². The van der Waals surface area contributed by atoms with Gasteiger partial charge in [0.05, 0.1) is 12.8 Å². The summed E-state index contributed by atoms with van der Waals surface area (Å²) in [4.78, 5) is 36.5. The van der Waals surface area contributed by atoms with Gasteiger partial charge in [-0.3, -0.25) is 5.32 Å². The molecule has 1 saturated heterocycles. The van der Waals surface area contributed by atoms with Crippen molar-refractivity contribution in [2.75, 3.05) is 18.5 Å². The Morgan fingerprint density at radius 3 is 3.08 bits per heavy atom. The molecule has 0 saturated carbocycles. The van der Waals surface area contributed by atoms with Crippen molar-refractivity contribution < 1.29 is 18.8 Å². The summed E-state index contributed by atoms with van der Waals surface area (Å²) in [6.45, 7) is 4.28. The van der Waals surface area contributed by atoms with E-state index in [1.165, 1.54) is 6.20 Å². The van der Waals surface area contributed by atoms with Crippen molar-refractivity contribution >= 4 is 17.9 Å². The number of urea groups is 1. The predicted octanol–water partition coefficient (Wildman–Crippen LogP) is 1.65. The second-order valence-corrected chi connectivity index (χ2v) is 5.33. The van der Waals surface area contributed by atoms with Crippen LogP contribution in [0.4, 0.5) is 10.7 Å². The van der Waals surface area contributed by atoms with Gasteiger partial charge >= 0.3 is 12.0 Å². The van der Waals surface area contributed by atoms with Gasteiger partial charge in [-0.1, -0.05) is 5.16 Å². The molecular weight excluding hydrogens is 316 g/mol. The molecule has 24 heavy (non-hydrogen) atoms. The van der Waals surface area contributed by atoms with Crippen LogP contribution in [0, 0.1) is 6.92 Å². The molecule has 0 spiro atoms. The number of aromatic nitrogens is 4. The molecule has 3 heterocycles. The number of H-pyrrole nitrogens is 1. The molecule has 0 aliphatic carbocycles. The van der Waals surface area contributed by atoms with Crippen LogP contribution < -0.4 is 5.32 Å². The lowest BCUT2D eigenvalue weighted by Crippen LogP contribution is -2.34. The highest BCUT2D eigenvalue weighted by Crippen LogP contribution is 2.31. The van der Waals surface area contributed by atoms with Crippen molar-refractivity contribution in [3.05, 3.63) is 23.6 Å². The summed E-state index contributed by atoms with van der Waals surface area (Å²) < 4.78 is 10.0. The van der Waals surface area contributed by atoms with Crippen LogP contribution in [0.3, 0.4) is 0 Å². The standard InChI is InChI=1S/C14H18N6O4/c1-3-23-12(21)9-7-15-13(17-9)18-14(22)20-6-4-5-10(20)11-16-8(2)19-24-11/h7,10H,3-6H2,1-2H3,(H2,15,17,18,22). The molecule has 1 aliphatic rings. The topological polar surface area (TPSA) is 126 Å². The van der Waals surface area contributed by atoms with E-state index in [1.54, 1.807) is 18.7 Å². The van der Waals surface area contributed by atoms with Crippen molar-refractivity contribution in [1.82, 2.24) is 25.0 Å². The lowest BCUT2D eigenvalue weighted by molar-refractivity contribution is 0.0520. The number of anilines is 1. The van der Waals surface area contributed by atoms with Gasteiger partial charge in [-0.2, -0.15) is 4.98 Å². The number of imidazole rings is 1. The molecule has 1 unspecified atom stereocenters. The normalized spacial score (nSPS) is 17.1. The molecular formula is C14H18N6O4. The number of aryl methyl sites for hydroxylation is 1. The molecule has 2 amide bonds. The van der Waals surface area contributed by atoms with Crippen molar-refractivity contribution in [3.63, 3.8) is 0 Å². The maximum Gasteiger partial charge on any atom is 0.356 e. The predicted molar refractivity (Wildman–Crippen MR) is 81.3 cm³/mol. The minimum absolute atomic E-state index is 0.176. The first-order chi connectivity index (χ1) is 11.6. The summed E-state index contributed by atoms with van der Waals surface area (Å²) in [7, 11) is 0. The van der Waals surface area contributed by atoms with E-state index in [1.807, 2.05) is 0 Å². The third-order valence-electron chi connectivity index (χ3n) is 3.64. The number of nitrogens with zero attached hydrogens (tertiary/aromatic N) is 4. The molecule has 0 aromatic carbocycles. The second-order valence-electron chi connectivity index (χ2n) is 5.33. The third kappa shape index (κ3) is 3.21. The molecule has 2 N–H and O–H groups in total. The van der Waals surface area contributed by atoms with E-state index in [4.69, 9.17) is 9.26 Å². The number of amides is 2. The Labute approximate surface area is 137 Å². The molecule has 10 heteroatoms. The fourth-order valence-corrected chi connectivity index (χ4v) is 2.59. The molecule has 0 bridgehead atoms. The Hall–Kier alpha value is -2.91. The van der Waals surface area contributed by atoms with Crippen LogP contribution in [0.2, 0.25) is 0 Å². The fraction of sp³-hybridized carbons (Fsp3) is 0.500. The van der Waals surface area contributed by atoms with Gasteiger partial charge in [0.25, 0.3) is 0 Å². The fourth-order valence-electron chi connectivity index (χ4n) is 2.59. The zero-order chi connectivity index (χ0) is 17.1. The average Bonchev–Trinajstić information content (AvgIpc) is 3.26. The number of hydrogen-bond donors (Lipinski definition) is 2. The van der Waals surface area contributed by atoms with Gasteiger partial charge in [0.2, 0.25) is 11.8 Å². The van der Waals surface area contributed by atoms with E-state index in [9.17, 15) is 9.59 Å². The molecule has 3 rings (SSSR count). The van der Waals surface area contributed by atoms with Crippen molar-refractivity contribution in [3.8, 4) is 0 Å². The van der Waals surface area contributed by atoms with Crippen LogP contribution in [-0.2, 0) is 4.74 Å². The number of aromatic amines is 1. The minimum atomic E-state index is -0.522. The van der Waals surface area contributed by atoms with Gasteiger partial charge < -0.3 is 19.1 Å². The first-order valence-electron chi connectivity index (χ1n) is 7.68. The Kier molecular flexibility index (Phi) is 4.45.